The fourth-order valence-electron chi connectivity index (χ4n) is 5.11. The number of likely N-dealkylation sites (N-methyl/N-ethyl adjacent to an activating group) is 1. The second-order valence-electron chi connectivity index (χ2n) is 10.1. The number of nitrogens with one attached hydrogen (secondary N) is 2. The number of nitrogens with zero attached hydrogens (tertiary/aromatic N) is 3. The minimum Gasteiger partial charge on any atom is -0.331 e. The number of thiophene rings is 1. The van der Waals surface area contributed by atoms with Gasteiger partial charge in [0.1, 0.15) is 5.00 Å². The Morgan fingerprint density at radius 1 is 1.05 bits per heavy atom. The van der Waals surface area contributed by atoms with Gasteiger partial charge in [0.25, 0.3) is 11.8 Å². The number of benzene rings is 1. The Balaban J connectivity index is 1.58. The monoisotopic (exact) mass is 575 g/mol. The molecular weight excluding hydrogens is 538 g/mol. The summed E-state index contributed by atoms with van der Waals surface area (Å²) in [5.74, 6) is -1.01. The normalized spacial score (nSPS) is 18.3. The summed E-state index contributed by atoms with van der Waals surface area (Å²) in [6, 6.07) is 5.37. The second-order valence-corrected chi connectivity index (χ2v) is 13.1. The summed E-state index contributed by atoms with van der Waals surface area (Å²) in [4.78, 5) is 43.2. The summed E-state index contributed by atoms with van der Waals surface area (Å²) in [6.07, 6.45) is 4.11. The average molecular weight is 576 g/mol. The van der Waals surface area contributed by atoms with Crippen molar-refractivity contribution in [3.63, 3.8) is 0 Å². The van der Waals surface area contributed by atoms with Gasteiger partial charge in [-0.15, -0.1) is 11.3 Å². The quantitative estimate of drug-likeness (QED) is 0.519. The number of carbonyl (C=O) groups excluding carboxylic acids is 3. The van der Waals surface area contributed by atoms with E-state index in [4.69, 9.17) is 0 Å². The summed E-state index contributed by atoms with van der Waals surface area (Å²) in [7, 11) is -0.568. The van der Waals surface area contributed by atoms with Crippen LogP contribution in [0.5, 0.6) is 0 Å². The predicted octanol–water partition coefficient (Wildman–Crippen LogP) is 3.74. The largest absolute Gasteiger partial charge is 0.331 e. The van der Waals surface area contributed by atoms with Crippen molar-refractivity contribution in [1.29, 1.82) is 0 Å². The Hall–Kier alpha value is -2.80. The minimum absolute atomic E-state index is 0.0100. The van der Waals surface area contributed by atoms with Gasteiger partial charge in [0.15, 0.2) is 0 Å². The van der Waals surface area contributed by atoms with Crippen LogP contribution < -0.4 is 10.6 Å². The molecule has 0 bridgehead atoms. The van der Waals surface area contributed by atoms with Crippen molar-refractivity contribution in [2.24, 2.45) is 0 Å². The fraction of sp³-hybridized carbons (Fsp3) is 0.519. The van der Waals surface area contributed by atoms with Gasteiger partial charge < -0.3 is 10.2 Å². The van der Waals surface area contributed by atoms with Crippen LogP contribution in [0.2, 0.25) is 0 Å². The molecule has 1 saturated heterocycles. The Bertz CT molecular complexity index is 1340. The Kier molecular flexibility index (Phi) is 9.10. The zero-order valence-corrected chi connectivity index (χ0v) is 24.6. The number of rotatable bonds is 7. The first-order valence-corrected chi connectivity index (χ1v) is 15.6. The van der Waals surface area contributed by atoms with Crippen molar-refractivity contribution in [3.8, 4) is 0 Å². The maximum Gasteiger partial charge on any atom is 0.323 e. The highest BCUT2D eigenvalue weighted by molar-refractivity contribution is 7.89. The smallest absolute Gasteiger partial charge is 0.323 e. The highest BCUT2D eigenvalue weighted by Gasteiger charge is 2.33. The second kappa shape index (κ2) is 12.2. The van der Waals surface area contributed by atoms with Crippen molar-refractivity contribution in [1.82, 2.24) is 19.4 Å². The molecule has 0 radical (unpaired) electrons. The van der Waals surface area contributed by atoms with Gasteiger partial charge in [0.2, 0.25) is 10.0 Å². The minimum atomic E-state index is -3.66. The number of urea groups is 1. The molecule has 1 unspecified atom stereocenters. The first-order valence-electron chi connectivity index (χ1n) is 13.4. The standard InChI is InChI=1S/C27H37N5O5S2/c1-5-19-9-7-8-15-32(19)39(36,37)20-12-10-18(11-13-20)24(33)28-26-23(25(34)29-27(35)30(3)4)21-14-16-31(6-2)17-22(21)38-26/h10-13,19H,5-9,14-17H2,1-4H3,(H,28,33)(H,29,34,35). The maximum absolute atomic E-state index is 13.3. The molecule has 2 aliphatic rings. The molecule has 2 N–H and O–H groups in total. The molecule has 1 aromatic carbocycles. The van der Waals surface area contributed by atoms with Crippen LogP contribution in [0.1, 0.15) is 70.7 Å². The number of hydrogen-bond donors (Lipinski definition) is 2. The Morgan fingerprint density at radius 3 is 2.41 bits per heavy atom. The topological polar surface area (TPSA) is 119 Å². The number of anilines is 1. The molecule has 3 heterocycles. The van der Waals surface area contributed by atoms with E-state index >= 15 is 0 Å². The van der Waals surface area contributed by atoms with Crippen LogP contribution in [-0.2, 0) is 23.0 Å². The Morgan fingerprint density at radius 2 is 1.77 bits per heavy atom. The number of piperidine rings is 1. The van der Waals surface area contributed by atoms with Crippen LogP contribution in [0.3, 0.4) is 0 Å². The van der Waals surface area contributed by atoms with Gasteiger partial charge in [0.05, 0.1) is 10.5 Å². The molecule has 2 aliphatic heterocycles. The van der Waals surface area contributed by atoms with E-state index in [0.717, 1.165) is 49.2 Å². The van der Waals surface area contributed by atoms with Crippen molar-refractivity contribution < 1.29 is 22.8 Å². The molecule has 10 nitrogen and oxygen atoms in total. The molecule has 0 aliphatic carbocycles. The van der Waals surface area contributed by atoms with Crippen LogP contribution in [0, 0.1) is 0 Å². The third-order valence-electron chi connectivity index (χ3n) is 7.43. The third-order valence-corrected chi connectivity index (χ3v) is 10.5. The van der Waals surface area contributed by atoms with Crippen molar-refractivity contribution in [2.45, 2.75) is 63.4 Å². The molecule has 1 fully saturated rings. The lowest BCUT2D eigenvalue weighted by atomic mass is 10.0. The van der Waals surface area contributed by atoms with Gasteiger partial charge in [0, 0.05) is 50.2 Å². The van der Waals surface area contributed by atoms with Crippen LogP contribution in [-0.4, -0.2) is 80.1 Å². The number of amides is 4. The van der Waals surface area contributed by atoms with Crippen LogP contribution >= 0.6 is 11.3 Å². The highest BCUT2D eigenvalue weighted by Crippen LogP contribution is 2.37. The Labute approximate surface area is 234 Å². The molecule has 0 saturated carbocycles. The van der Waals surface area contributed by atoms with Crippen molar-refractivity contribution in [3.05, 3.63) is 45.8 Å². The first kappa shape index (κ1) is 29.2. The molecule has 212 valence electrons. The molecule has 4 amide bonds. The zero-order chi connectivity index (χ0) is 28.3. The van der Waals surface area contributed by atoms with Gasteiger partial charge in [-0.25, -0.2) is 13.2 Å². The van der Waals surface area contributed by atoms with E-state index in [9.17, 15) is 22.8 Å². The number of carbonyl (C=O) groups is 3. The van der Waals surface area contributed by atoms with E-state index in [1.165, 1.54) is 40.5 Å². The van der Waals surface area contributed by atoms with E-state index in [1.54, 1.807) is 18.4 Å². The van der Waals surface area contributed by atoms with Gasteiger partial charge in [-0.2, -0.15) is 4.31 Å². The third kappa shape index (κ3) is 6.19. The first-order chi connectivity index (χ1) is 18.6. The molecule has 0 spiro atoms. The lowest BCUT2D eigenvalue weighted by molar-refractivity contribution is 0.0956. The molecule has 4 rings (SSSR count). The highest BCUT2D eigenvalue weighted by atomic mass is 32.2. The average Bonchev–Trinajstić information content (AvgIpc) is 3.29. The van der Waals surface area contributed by atoms with Crippen LogP contribution in [0.25, 0.3) is 0 Å². The molecule has 39 heavy (non-hydrogen) atoms. The summed E-state index contributed by atoms with van der Waals surface area (Å²) >= 11 is 1.33. The lowest BCUT2D eigenvalue weighted by Gasteiger charge is -2.34. The van der Waals surface area contributed by atoms with E-state index in [2.05, 4.69) is 22.5 Å². The molecular formula is C27H37N5O5S2. The maximum atomic E-state index is 13.3. The number of fused-ring (bicyclic) bond motifs is 1. The van der Waals surface area contributed by atoms with E-state index < -0.39 is 27.9 Å². The zero-order valence-electron chi connectivity index (χ0n) is 23.0. The van der Waals surface area contributed by atoms with Crippen LogP contribution in [0.15, 0.2) is 29.2 Å². The number of imide groups is 1. The number of hydrogen-bond acceptors (Lipinski definition) is 7. The van der Waals surface area contributed by atoms with Gasteiger partial charge in [-0.3, -0.25) is 19.8 Å². The SMILES string of the molecule is CCC1CCCCN1S(=O)(=O)c1ccc(C(=O)Nc2sc3c(c2C(=O)NC(=O)N(C)C)CCN(CC)C3)cc1. The predicted molar refractivity (Wildman–Crippen MR) is 152 cm³/mol. The molecule has 12 heteroatoms. The summed E-state index contributed by atoms with van der Waals surface area (Å²) in [6.45, 7) is 6.88. The molecule has 2 aromatic rings. The van der Waals surface area contributed by atoms with Gasteiger partial charge >= 0.3 is 6.03 Å². The lowest BCUT2D eigenvalue weighted by Crippen LogP contribution is -2.43. The van der Waals surface area contributed by atoms with E-state index in [0.29, 0.717) is 30.1 Å². The fourth-order valence-corrected chi connectivity index (χ4v) is 8.16. The summed E-state index contributed by atoms with van der Waals surface area (Å²) in [5, 5.41) is 5.62. The van der Waals surface area contributed by atoms with E-state index in [-0.39, 0.29) is 16.5 Å². The van der Waals surface area contributed by atoms with Crippen LogP contribution in [0.4, 0.5) is 9.80 Å². The summed E-state index contributed by atoms with van der Waals surface area (Å²) in [5.41, 5.74) is 1.43. The molecule has 1 aromatic heterocycles. The van der Waals surface area contributed by atoms with E-state index in [1.807, 2.05) is 6.92 Å². The number of sulfonamides is 1. The van der Waals surface area contributed by atoms with Crippen molar-refractivity contribution in [2.75, 3.05) is 39.0 Å². The van der Waals surface area contributed by atoms with Crippen molar-refractivity contribution >= 4 is 44.2 Å². The van der Waals surface area contributed by atoms with Gasteiger partial charge in [-0.1, -0.05) is 20.3 Å². The molecule has 1 atom stereocenters. The summed E-state index contributed by atoms with van der Waals surface area (Å²) < 4.78 is 28.2. The van der Waals surface area contributed by atoms with Gasteiger partial charge in [-0.05, 0) is 62.1 Å².